The van der Waals surface area contributed by atoms with Crippen molar-refractivity contribution < 1.29 is 33.0 Å². The van der Waals surface area contributed by atoms with Crippen molar-refractivity contribution in [2.75, 3.05) is 25.7 Å². The molecule has 0 bridgehead atoms. The lowest BCUT2D eigenvalue weighted by Crippen LogP contribution is -2.49. The standard InChI is InChI=1S/C22H23ClFN3O6/c1-12(33-15-6-4-14(24)5-7-15)21(29)25-26-22(30)13-8-20(28)27(11-13)17-9-16(23)18(31-2)10-19(17)32-3/h4-7,9-10,12-13H,8,11H2,1-3H3,(H,25,29)(H,26,30). The zero-order valence-electron chi connectivity index (χ0n) is 18.2. The number of nitrogens with zero attached hydrogens (tertiary/aromatic N) is 1. The first-order valence-electron chi connectivity index (χ1n) is 9.97. The third-order valence-corrected chi connectivity index (χ3v) is 5.34. The number of carbonyl (C=O) groups is 3. The minimum absolute atomic E-state index is 0.0594. The van der Waals surface area contributed by atoms with Crippen LogP contribution in [-0.2, 0) is 14.4 Å². The largest absolute Gasteiger partial charge is 0.495 e. The van der Waals surface area contributed by atoms with Crippen LogP contribution >= 0.6 is 11.6 Å². The number of halogens is 2. The minimum atomic E-state index is -0.955. The van der Waals surface area contributed by atoms with Gasteiger partial charge in [0.05, 0.1) is 30.8 Å². The van der Waals surface area contributed by atoms with E-state index in [1.807, 2.05) is 0 Å². The van der Waals surface area contributed by atoms with Gasteiger partial charge in [-0.15, -0.1) is 0 Å². The van der Waals surface area contributed by atoms with Crippen molar-refractivity contribution in [3.63, 3.8) is 0 Å². The number of methoxy groups -OCH3 is 2. The fourth-order valence-corrected chi connectivity index (χ4v) is 3.50. The van der Waals surface area contributed by atoms with Crippen LogP contribution in [0.5, 0.6) is 17.2 Å². The Morgan fingerprint density at radius 3 is 2.42 bits per heavy atom. The molecule has 0 radical (unpaired) electrons. The molecule has 33 heavy (non-hydrogen) atoms. The topological polar surface area (TPSA) is 106 Å². The van der Waals surface area contributed by atoms with Crippen LogP contribution < -0.4 is 30.0 Å². The van der Waals surface area contributed by atoms with Crippen LogP contribution in [0.1, 0.15) is 13.3 Å². The summed E-state index contributed by atoms with van der Waals surface area (Å²) in [4.78, 5) is 38.7. The van der Waals surface area contributed by atoms with Crippen LogP contribution in [0.4, 0.5) is 10.1 Å². The Kier molecular flexibility index (Phi) is 7.59. The Labute approximate surface area is 194 Å². The van der Waals surface area contributed by atoms with E-state index in [0.29, 0.717) is 22.9 Å². The third kappa shape index (κ3) is 5.64. The van der Waals surface area contributed by atoms with Crippen LogP contribution in [0, 0.1) is 11.7 Å². The molecule has 1 aliphatic heterocycles. The SMILES string of the molecule is COc1cc(OC)c(N2CC(C(=O)NNC(=O)C(C)Oc3ccc(F)cc3)CC2=O)cc1Cl. The molecule has 2 atom stereocenters. The van der Waals surface area contributed by atoms with Crippen molar-refractivity contribution in [1.82, 2.24) is 10.9 Å². The highest BCUT2D eigenvalue weighted by Crippen LogP contribution is 2.40. The summed E-state index contributed by atoms with van der Waals surface area (Å²) in [7, 11) is 2.91. The summed E-state index contributed by atoms with van der Waals surface area (Å²) >= 11 is 6.19. The highest BCUT2D eigenvalue weighted by molar-refractivity contribution is 6.32. The predicted molar refractivity (Wildman–Crippen MR) is 118 cm³/mol. The number of carbonyl (C=O) groups excluding carboxylic acids is 3. The lowest BCUT2D eigenvalue weighted by molar-refractivity contribution is -0.134. The van der Waals surface area contributed by atoms with Crippen LogP contribution in [0.25, 0.3) is 0 Å². The number of hydrogen-bond acceptors (Lipinski definition) is 6. The summed E-state index contributed by atoms with van der Waals surface area (Å²) in [6, 6.07) is 8.27. The molecule has 1 fully saturated rings. The second-order valence-electron chi connectivity index (χ2n) is 7.26. The second kappa shape index (κ2) is 10.4. The molecule has 1 saturated heterocycles. The quantitative estimate of drug-likeness (QED) is 0.591. The molecule has 3 rings (SSSR count). The molecule has 0 aliphatic carbocycles. The zero-order chi connectivity index (χ0) is 24.1. The molecule has 2 aromatic carbocycles. The summed E-state index contributed by atoms with van der Waals surface area (Å²) < 4.78 is 28.9. The number of amides is 3. The second-order valence-corrected chi connectivity index (χ2v) is 7.66. The molecule has 2 N–H and O–H groups in total. The number of hydrazine groups is 1. The van der Waals surface area contributed by atoms with Gasteiger partial charge < -0.3 is 19.1 Å². The van der Waals surface area contributed by atoms with Crippen molar-refractivity contribution in [1.29, 1.82) is 0 Å². The van der Waals surface area contributed by atoms with Gasteiger partial charge in [-0.3, -0.25) is 25.2 Å². The molecule has 9 nitrogen and oxygen atoms in total. The maximum Gasteiger partial charge on any atom is 0.279 e. The van der Waals surface area contributed by atoms with E-state index >= 15 is 0 Å². The Morgan fingerprint density at radius 2 is 1.79 bits per heavy atom. The maximum atomic E-state index is 13.0. The molecule has 2 aromatic rings. The predicted octanol–water partition coefficient (Wildman–Crippen LogP) is 2.46. The van der Waals surface area contributed by atoms with Gasteiger partial charge in [-0.05, 0) is 37.3 Å². The van der Waals surface area contributed by atoms with Gasteiger partial charge in [0.25, 0.3) is 5.91 Å². The van der Waals surface area contributed by atoms with Crippen molar-refractivity contribution in [3.05, 3.63) is 47.2 Å². The van der Waals surface area contributed by atoms with Crippen LogP contribution in [0.2, 0.25) is 5.02 Å². The molecular weight excluding hydrogens is 457 g/mol. The van der Waals surface area contributed by atoms with Gasteiger partial charge >= 0.3 is 0 Å². The summed E-state index contributed by atoms with van der Waals surface area (Å²) in [5, 5.41) is 0.288. The van der Waals surface area contributed by atoms with E-state index < -0.39 is 29.7 Å². The summed E-state index contributed by atoms with van der Waals surface area (Å²) in [5.74, 6) is -1.53. The fourth-order valence-electron chi connectivity index (χ4n) is 3.27. The van der Waals surface area contributed by atoms with E-state index in [1.165, 1.54) is 56.4 Å². The highest BCUT2D eigenvalue weighted by atomic mass is 35.5. The average Bonchev–Trinajstić information content (AvgIpc) is 3.19. The van der Waals surface area contributed by atoms with Crippen molar-refractivity contribution in [3.8, 4) is 17.2 Å². The zero-order valence-corrected chi connectivity index (χ0v) is 18.9. The summed E-state index contributed by atoms with van der Waals surface area (Å²) in [5.41, 5.74) is 5.00. The van der Waals surface area contributed by atoms with E-state index in [9.17, 15) is 18.8 Å². The minimum Gasteiger partial charge on any atom is -0.495 e. The maximum absolute atomic E-state index is 13.0. The summed E-state index contributed by atoms with van der Waals surface area (Å²) in [6.45, 7) is 1.55. The van der Waals surface area contributed by atoms with Gasteiger partial charge in [0.1, 0.15) is 23.1 Å². The number of benzene rings is 2. The van der Waals surface area contributed by atoms with E-state index in [4.69, 9.17) is 25.8 Å². The molecule has 11 heteroatoms. The molecule has 1 aliphatic rings. The van der Waals surface area contributed by atoms with Crippen molar-refractivity contribution in [2.45, 2.75) is 19.4 Å². The lowest BCUT2D eigenvalue weighted by Gasteiger charge is -2.21. The Hall–Kier alpha value is -3.53. The monoisotopic (exact) mass is 479 g/mol. The number of rotatable bonds is 7. The molecule has 3 amide bonds. The van der Waals surface area contributed by atoms with Gasteiger partial charge in [-0.2, -0.15) is 0 Å². The molecule has 0 saturated carbocycles. The number of ether oxygens (including phenoxy) is 3. The molecule has 0 aromatic heterocycles. The molecule has 2 unspecified atom stereocenters. The fraction of sp³-hybridized carbons (Fsp3) is 0.318. The first-order chi connectivity index (χ1) is 15.7. The van der Waals surface area contributed by atoms with Gasteiger partial charge in [0.2, 0.25) is 11.8 Å². The number of nitrogens with one attached hydrogen (secondary N) is 2. The van der Waals surface area contributed by atoms with Gasteiger partial charge in [-0.1, -0.05) is 11.6 Å². The third-order valence-electron chi connectivity index (χ3n) is 5.04. The smallest absolute Gasteiger partial charge is 0.279 e. The van der Waals surface area contributed by atoms with Gasteiger partial charge in [0.15, 0.2) is 6.10 Å². The van der Waals surface area contributed by atoms with Crippen molar-refractivity contribution in [2.24, 2.45) is 5.92 Å². The number of hydrogen-bond donors (Lipinski definition) is 2. The van der Waals surface area contributed by atoms with Crippen LogP contribution in [-0.4, -0.2) is 44.6 Å². The summed E-state index contributed by atoms with van der Waals surface area (Å²) in [6.07, 6.45) is -1.01. The van der Waals surface area contributed by atoms with Gasteiger partial charge in [-0.25, -0.2) is 4.39 Å². The van der Waals surface area contributed by atoms with E-state index in [1.54, 1.807) is 6.07 Å². The van der Waals surface area contributed by atoms with E-state index in [2.05, 4.69) is 10.9 Å². The molecule has 176 valence electrons. The Balaban J connectivity index is 1.58. The Morgan fingerprint density at radius 1 is 1.12 bits per heavy atom. The Bertz CT molecular complexity index is 1050. The average molecular weight is 480 g/mol. The first kappa shape index (κ1) is 24.1. The number of anilines is 1. The normalized spacial score (nSPS) is 16.2. The highest BCUT2D eigenvalue weighted by Gasteiger charge is 2.37. The van der Waals surface area contributed by atoms with E-state index in [-0.39, 0.29) is 23.9 Å². The molecule has 0 spiro atoms. The van der Waals surface area contributed by atoms with Crippen LogP contribution in [0.15, 0.2) is 36.4 Å². The first-order valence-corrected chi connectivity index (χ1v) is 10.3. The van der Waals surface area contributed by atoms with E-state index in [0.717, 1.165) is 0 Å². The van der Waals surface area contributed by atoms with Crippen molar-refractivity contribution >= 4 is 35.0 Å². The lowest BCUT2D eigenvalue weighted by atomic mass is 10.1. The van der Waals surface area contributed by atoms with Gasteiger partial charge in [0, 0.05) is 19.0 Å². The molecular formula is C22H23ClFN3O6. The van der Waals surface area contributed by atoms with Crippen LogP contribution in [0.3, 0.4) is 0 Å². The molecule has 1 heterocycles.